The van der Waals surface area contributed by atoms with E-state index in [1.54, 1.807) is 42.5 Å². The minimum absolute atomic E-state index is 0.137. The highest BCUT2D eigenvalue weighted by Crippen LogP contribution is 2.18. The highest BCUT2D eigenvalue weighted by atomic mass is 16.6. The maximum Gasteiger partial charge on any atom is 0.455 e. The van der Waals surface area contributed by atoms with Gasteiger partial charge in [-0.2, -0.15) is 0 Å². The molecule has 0 amide bonds. The van der Waals surface area contributed by atoms with Crippen molar-refractivity contribution in [2.45, 2.75) is 45.4 Å². The van der Waals surface area contributed by atoms with Crippen molar-refractivity contribution < 1.29 is 24.0 Å². The van der Waals surface area contributed by atoms with Gasteiger partial charge in [0.1, 0.15) is 5.75 Å². The Morgan fingerprint density at radius 3 is 2.12 bits per heavy atom. The summed E-state index contributed by atoms with van der Waals surface area (Å²) < 4.78 is 8.85. The number of hydrogen-bond acceptors (Lipinski definition) is 5. The number of hydrogen-bond donors (Lipinski definition) is 0. The summed E-state index contributed by atoms with van der Waals surface area (Å²) in [5, 5.41) is 10.0. The molecule has 7 nitrogen and oxygen atoms in total. The molecule has 3 rings (SSSR count). The van der Waals surface area contributed by atoms with Crippen molar-refractivity contribution in [2.75, 3.05) is 0 Å². The molecule has 0 saturated carbocycles. The first-order chi connectivity index (χ1) is 16.5. The fourth-order valence-electron chi connectivity index (χ4n) is 3.10. The molecule has 34 heavy (non-hydrogen) atoms. The predicted octanol–water partition coefficient (Wildman–Crippen LogP) is 6.32. The molecule has 0 spiro atoms. The molecule has 0 saturated heterocycles. The molecule has 7 heteroatoms. The Balaban J connectivity index is 0.000000379. The molecule has 0 aliphatic carbocycles. The highest BCUT2D eigenvalue weighted by Gasteiger charge is 2.08. The van der Waals surface area contributed by atoms with Gasteiger partial charge in [0.15, 0.2) is 0 Å². The Morgan fingerprint density at radius 2 is 1.56 bits per heavy atom. The number of aryl methyl sites for hydroxylation is 1. The van der Waals surface area contributed by atoms with Crippen molar-refractivity contribution in [1.29, 1.82) is 0 Å². The second-order valence-electron chi connectivity index (χ2n) is 7.54. The van der Waals surface area contributed by atoms with E-state index in [9.17, 15) is 19.7 Å². The molecule has 0 aliphatic heterocycles. The van der Waals surface area contributed by atoms with Crippen LogP contribution < -0.4 is 4.74 Å². The lowest BCUT2D eigenvalue weighted by Gasteiger charge is -2.08. The van der Waals surface area contributed by atoms with Crippen molar-refractivity contribution in [3.05, 3.63) is 100 Å². The van der Waals surface area contributed by atoms with Crippen LogP contribution in [0.25, 0.3) is 0 Å². The van der Waals surface area contributed by atoms with Gasteiger partial charge in [0.2, 0.25) is 0 Å². The van der Waals surface area contributed by atoms with E-state index >= 15 is 0 Å². The van der Waals surface area contributed by atoms with Gasteiger partial charge in [-0.25, -0.2) is 4.79 Å². The highest BCUT2D eigenvalue weighted by molar-refractivity contribution is 5.91. The van der Waals surface area contributed by atoms with Gasteiger partial charge < -0.3 is 9.47 Å². The summed E-state index contributed by atoms with van der Waals surface area (Å²) in [4.78, 5) is 31.9. The van der Waals surface area contributed by atoms with E-state index in [1.165, 1.54) is 56.3 Å². The zero-order valence-corrected chi connectivity index (χ0v) is 19.2. The summed E-state index contributed by atoms with van der Waals surface area (Å²) in [7, 11) is 0. The zero-order valence-electron chi connectivity index (χ0n) is 19.2. The number of ether oxygens (including phenoxy) is 2. The number of benzene rings is 3. The number of carbonyl (C=O) groups is 1. The minimum Gasteiger partial charge on any atom is -0.677 e. The van der Waals surface area contributed by atoms with Crippen LogP contribution >= 0.6 is 0 Å². The second kappa shape index (κ2) is 14.9. The lowest BCUT2D eigenvalue weighted by molar-refractivity contribution is -0.384. The average molecular weight is 464 g/mol. The second-order valence-corrected chi connectivity index (χ2v) is 7.54. The maximum atomic E-state index is 12.1. The lowest BCUT2D eigenvalue weighted by Crippen LogP contribution is -2.08. The first-order valence-corrected chi connectivity index (χ1v) is 11.2. The smallest absolute Gasteiger partial charge is 0.455 e. The van der Waals surface area contributed by atoms with Gasteiger partial charge in [0.25, 0.3) is 5.69 Å². The van der Waals surface area contributed by atoms with E-state index < -0.39 is 10.9 Å². The summed E-state index contributed by atoms with van der Waals surface area (Å²) in [6, 6.07) is 21.9. The van der Waals surface area contributed by atoms with Crippen LogP contribution in [0.3, 0.4) is 0 Å². The number of aromatic hydroxyl groups is 1. The minimum atomic E-state index is -0.436. The van der Waals surface area contributed by atoms with Crippen LogP contribution in [0.1, 0.15) is 54.9 Å². The molecule has 0 aliphatic rings. The van der Waals surface area contributed by atoms with Crippen LogP contribution in [0.4, 0.5) is 5.69 Å². The Kier molecular flexibility index (Phi) is 11.5. The van der Waals surface area contributed by atoms with Crippen molar-refractivity contribution >= 4 is 18.1 Å². The van der Waals surface area contributed by atoms with Gasteiger partial charge in [0, 0.05) is 17.9 Å². The van der Waals surface area contributed by atoms with Crippen LogP contribution in [-0.2, 0) is 11.2 Å². The molecule has 3 aromatic rings. The molecule has 178 valence electrons. The first kappa shape index (κ1) is 26.3. The third-order valence-electron chi connectivity index (χ3n) is 4.95. The topological polar surface area (TPSA) is 99.3 Å². The molecular weight excluding hydrogens is 434 g/mol. The standard InChI is InChI=1S/C21H24O4.C6H5NO2/c1-2-3-4-5-6-7-17-8-12-20(13-9-17)25-21(23)18-10-14-19(15-11-18)24-16-22;8-7(9)6-4-2-1-3-5-6/h8-15,24H,2-7H2,1H3;1-5H. The molecule has 0 unspecified atom stereocenters. The van der Waals surface area contributed by atoms with Crippen LogP contribution in [0, 0.1) is 10.1 Å². The first-order valence-electron chi connectivity index (χ1n) is 11.2. The SMILES string of the molecule is CCCCCCCc1ccc(OC(=O)c2ccc([OH+][C-]=O)cc2)cc1.O=[N+]([O-])c1ccccc1. The Bertz CT molecular complexity index is 1020. The molecule has 0 aromatic heterocycles. The quantitative estimate of drug-likeness (QED) is 0.0630. The van der Waals surface area contributed by atoms with E-state index in [4.69, 9.17) is 4.74 Å². The van der Waals surface area contributed by atoms with E-state index in [0.717, 1.165) is 6.42 Å². The molecule has 0 atom stereocenters. The summed E-state index contributed by atoms with van der Waals surface area (Å²) >= 11 is 0. The summed E-state index contributed by atoms with van der Waals surface area (Å²) in [6.45, 7) is 3.68. The largest absolute Gasteiger partial charge is 0.677 e. The van der Waals surface area contributed by atoms with Crippen molar-refractivity contribution in [3.63, 3.8) is 0 Å². The van der Waals surface area contributed by atoms with E-state index in [2.05, 4.69) is 11.7 Å². The number of rotatable bonds is 11. The number of esters is 1. The van der Waals surface area contributed by atoms with Gasteiger partial charge in [-0.1, -0.05) is 92.0 Å². The van der Waals surface area contributed by atoms with Crippen molar-refractivity contribution in [3.8, 4) is 11.5 Å². The van der Waals surface area contributed by atoms with Gasteiger partial charge in [0.05, 0.1) is 10.5 Å². The van der Waals surface area contributed by atoms with Gasteiger partial charge in [-0.3, -0.25) is 10.1 Å². The molecule has 0 bridgehead atoms. The molecule has 3 aromatic carbocycles. The van der Waals surface area contributed by atoms with Crippen LogP contribution in [0.2, 0.25) is 0 Å². The summed E-state index contributed by atoms with van der Waals surface area (Å²) in [6.07, 6.45) is 7.35. The summed E-state index contributed by atoms with van der Waals surface area (Å²) in [5.41, 5.74) is 1.80. The van der Waals surface area contributed by atoms with Crippen LogP contribution in [0.15, 0.2) is 78.9 Å². The molecule has 0 fully saturated rings. The van der Waals surface area contributed by atoms with E-state index in [-0.39, 0.29) is 5.69 Å². The number of para-hydroxylation sites is 1. The van der Waals surface area contributed by atoms with E-state index in [1.807, 2.05) is 24.3 Å². The Morgan fingerprint density at radius 1 is 0.912 bits per heavy atom. The normalized spacial score (nSPS) is 9.91. The fraction of sp³-hybridized carbons (Fsp3) is 0.259. The summed E-state index contributed by atoms with van der Waals surface area (Å²) in [5.74, 6) is 0.540. The van der Waals surface area contributed by atoms with Gasteiger partial charge in [-0.05, 0) is 30.5 Å². The number of nitro groups is 1. The van der Waals surface area contributed by atoms with Gasteiger partial charge >= 0.3 is 12.4 Å². The predicted molar refractivity (Wildman–Crippen MR) is 131 cm³/mol. The van der Waals surface area contributed by atoms with E-state index in [0.29, 0.717) is 17.1 Å². The Hall–Kier alpha value is -4.00. The zero-order chi connectivity index (χ0) is 24.6. The number of carbonyl (C=O) groups excluding carboxylic acids is 1. The van der Waals surface area contributed by atoms with Crippen LogP contribution in [-0.4, -0.2) is 22.1 Å². The molecule has 0 heterocycles. The van der Waals surface area contributed by atoms with Gasteiger partial charge in [-0.15, -0.1) is 0 Å². The maximum absolute atomic E-state index is 12.1. The van der Waals surface area contributed by atoms with Crippen LogP contribution in [0.5, 0.6) is 11.5 Å². The number of nitro benzene ring substituents is 1. The van der Waals surface area contributed by atoms with Crippen molar-refractivity contribution in [2.24, 2.45) is 0 Å². The third kappa shape index (κ3) is 9.65. The molecule has 0 radical (unpaired) electrons. The number of nitrogens with zero attached hydrogens (tertiary/aromatic N) is 1. The third-order valence-corrected chi connectivity index (χ3v) is 4.95. The average Bonchev–Trinajstić information content (AvgIpc) is 2.86. The molecular formula is C27H29NO6. The number of non-ortho nitro benzene ring substituents is 1. The number of unbranched alkanes of at least 4 members (excludes halogenated alkanes) is 4. The fourth-order valence-corrected chi connectivity index (χ4v) is 3.10. The lowest BCUT2D eigenvalue weighted by atomic mass is 10.1. The molecule has 1 N–H and O–H groups in total. The Labute approximate surface area is 199 Å². The monoisotopic (exact) mass is 463 g/mol. The van der Waals surface area contributed by atoms with Crippen molar-refractivity contribution in [1.82, 2.24) is 0 Å².